The van der Waals surface area contributed by atoms with Crippen LogP contribution in [0.15, 0.2) is 28.3 Å². The van der Waals surface area contributed by atoms with Crippen LogP contribution in [-0.4, -0.2) is 53.8 Å². The van der Waals surface area contributed by atoms with Gasteiger partial charge in [0.15, 0.2) is 0 Å². The van der Waals surface area contributed by atoms with Crippen LogP contribution in [0.2, 0.25) is 0 Å². The Morgan fingerprint density at radius 1 is 0.935 bits per heavy atom. The van der Waals surface area contributed by atoms with Gasteiger partial charge in [-0.05, 0) is 65.3 Å². The van der Waals surface area contributed by atoms with E-state index in [-0.39, 0.29) is 17.2 Å². The van der Waals surface area contributed by atoms with Gasteiger partial charge in [-0.15, -0.1) is 0 Å². The molecule has 0 aliphatic rings. The summed E-state index contributed by atoms with van der Waals surface area (Å²) in [5, 5.41) is 16.4. The van der Waals surface area contributed by atoms with Gasteiger partial charge in [-0.3, -0.25) is 10.6 Å². The van der Waals surface area contributed by atoms with Crippen LogP contribution in [0.4, 0.5) is 15.3 Å². The average molecular weight is 436 g/mol. The number of amides is 2. The minimum absolute atomic E-state index is 0.104. The fraction of sp³-hybridized carbons (Fsp3) is 0.450. The number of benzene rings is 1. The highest BCUT2D eigenvalue weighted by molar-refractivity contribution is 6.03. The third-order valence-electron chi connectivity index (χ3n) is 3.05. The van der Waals surface area contributed by atoms with Crippen LogP contribution >= 0.6 is 0 Å². The zero-order valence-corrected chi connectivity index (χ0v) is 18.6. The van der Waals surface area contributed by atoms with E-state index in [4.69, 9.17) is 19.4 Å². The Morgan fingerprint density at radius 3 is 1.87 bits per heavy atom. The van der Waals surface area contributed by atoms with Crippen molar-refractivity contribution in [2.45, 2.75) is 52.7 Å². The zero-order chi connectivity index (χ0) is 23.8. The molecule has 0 radical (unpaired) electrons. The van der Waals surface area contributed by atoms with E-state index in [1.165, 1.54) is 25.3 Å². The highest BCUT2D eigenvalue weighted by atomic mass is 16.6. The molecule has 0 saturated carbocycles. The summed E-state index contributed by atoms with van der Waals surface area (Å²) in [6.07, 6.45) is -0.666. The Kier molecular flexibility index (Phi) is 8.54. The number of rotatable bonds is 3. The third kappa shape index (κ3) is 10.1. The van der Waals surface area contributed by atoms with E-state index in [2.05, 4.69) is 20.8 Å². The third-order valence-corrected chi connectivity index (χ3v) is 3.05. The molecular formula is C20H28N4O7. The number of hydrogen-bond acceptors (Lipinski definition) is 9. The van der Waals surface area contributed by atoms with Crippen LogP contribution in [0.1, 0.15) is 57.5 Å². The van der Waals surface area contributed by atoms with E-state index in [9.17, 15) is 14.4 Å². The van der Waals surface area contributed by atoms with Crippen molar-refractivity contribution in [3.63, 3.8) is 0 Å². The number of aliphatic imine (C=N–C) groups is 1. The number of oxime groups is 1. The van der Waals surface area contributed by atoms with Crippen molar-refractivity contribution in [3.05, 3.63) is 29.3 Å². The Balaban J connectivity index is 3.35. The molecule has 0 saturated heterocycles. The summed E-state index contributed by atoms with van der Waals surface area (Å²) in [6, 6.07) is 4.21. The predicted octanol–water partition coefficient (Wildman–Crippen LogP) is 3.32. The molecule has 0 spiro atoms. The first-order chi connectivity index (χ1) is 14.2. The number of esters is 1. The van der Waals surface area contributed by atoms with Crippen molar-refractivity contribution in [1.82, 2.24) is 10.6 Å². The van der Waals surface area contributed by atoms with Crippen molar-refractivity contribution in [1.29, 1.82) is 0 Å². The van der Waals surface area contributed by atoms with Crippen LogP contribution in [0.3, 0.4) is 0 Å². The monoisotopic (exact) mass is 436 g/mol. The summed E-state index contributed by atoms with van der Waals surface area (Å²) in [5.41, 5.74) is -1.03. The first-order valence-corrected chi connectivity index (χ1v) is 9.22. The fourth-order valence-electron chi connectivity index (χ4n) is 2.09. The van der Waals surface area contributed by atoms with E-state index >= 15 is 0 Å². The quantitative estimate of drug-likeness (QED) is 0.164. The van der Waals surface area contributed by atoms with E-state index in [0.29, 0.717) is 5.56 Å². The predicted molar refractivity (Wildman–Crippen MR) is 113 cm³/mol. The topological polar surface area (TPSA) is 148 Å². The number of carbonyl (C=O) groups is 3. The molecule has 3 N–H and O–H groups in total. The largest absolute Gasteiger partial charge is 0.465 e. The van der Waals surface area contributed by atoms with Gasteiger partial charge in [0.05, 0.1) is 24.6 Å². The maximum Gasteiger partial charge on any atom is 0.414 e. The van der Waals surface area contributed by atoms with Gasteiger partial charge in [0.25, 0.3) is 0 Å². The highest BCUT2D eigenvalue weighted by Gasteiger charge is 2.21. The summed E-state index contributed by atoms with van der Waals surface area (Å²) in [6.45, 7) is 10.0. The minimum atomic E-state index is -0.872. The number of ether oxygens (including phenoxy) is 3. The van der Waals surface area contributed by atoms with Crippen LogP contribution in [0.5, 0.6) is 0 Å². The molecule has 31 heavy (non-hydrogen) atoms. The van der Waals surface area contributed by atoms with Crippen LogP contribution in [-0.2, 0) is 14.2 Å². The Bertz CT molecular complexity index is 848. The number of alkyl carbamates (subject to hydrolysis) is 2. The summed E-state index contributed by atoms with van der Waals surface area (Å²) in [5.74, 6) is -0.969. The molecular weight excluding hydrogens is 408 g/mol. The van der Waals surface area contributed by atoms with Crippen LogP contribution < -0.4 is 10.6 Å². The summed E-state index contributed by atoms with van der Waals surface area (Å²) < 4.78 is 15.1. The van der Waals surface area contributed by atoms with E-state index in [1.54, 1.807) is 41.5 Å². The van der Waals surface area contributed by atoms with Gasteiger partial charge in [0.1, 0.15) is 11.2 Å². The number of guanidine groups is 1. The normalized spacial score (nSPS) is 11.5. The number of hydrogen-bond donors (Lipinski definition) is 3. The molecule has 1 aromatic rings. The van der Waals surface area contributed by atoms with E-state index in [0.717, 1.165) is 6.21 Å². The summed E-state index contributed by atoms with van der Waals surface area (Å²) >= 11 is 0. The van der Waals surface area contributed by atoms with Gasteiger partial charge >= 0.3 is 18.2 Å². The molecule has 0 atom stereocenters. The lowest BCUT2D eigenvalue weighted by Crippen LogP contribution is -2.47. The minimum Gasteiger partial charge on any atom is -0.465 e. The molecule has 0 aliphatic heterocycles. The Hall–Kier alpha value is -3.63. The molecule has 0 aromatic heterocycles. The SMILES string of the molecule is COC(=O)c1cc(/C=N/O)cc(N=C(NC(=O)OC(C)(C)C)NC(=O)OC(C)(C)C)c1. The molecule has 170 valence electrons. The first-order valence-electron chi connectivity index (χ1n) is 9.22. The Morgan fingerprint density at radius 2 is 1.45 bits per heavy atom. The molecule has 2 amide bonds. The molecule has 0 bridgehead atoms. The van der Waals surface area contributed by atoms with Gasteiger partial charge < -0.3 is 19.4 Å². The zero-order valence-electron chi connectivity index (χ0n) is 18.6. The van der Waals surface area contributed by atoms with Crippen molar-refractivity contribution in [2.24, 2.45) is 10.1 Å². The van der Waals surface area contributed by atoms with Gasteiger partial charge in [0, 0.05) is 0 Å². The van der Waals surface area contributed by atoms with Gasteiger partial charge in [-0.2, -0.15) is 0 Å². The molecule has 1 rings (SSSR count). The summed E-state index contributed by atoms with van der Waals surface area (Å²) in [4.78, 5) is 40.4. The standard InChI is InChI=1S/C20H28N4O7/c1-19(2,3)30-17(26)23-16(24-18(27)31-20(4,5)6)22-14-9-12(11-21-28)8-13(10-14)15(25)29-7/h8-11,28H,1-7H3,(H2,22,23,24,26,27)/b21-11+. The fourth-order valence-corrected chi connectivity index (χ4v) is 2.09. The smallest absolute Gasteiger partial charge is 0.414 e. The molecule has 1 aromatic carbocycles. The maximum atomic E-state index is 12.2. The number of methoxy groups -OCH3 is 1. The lowest BCUT2D eigenvalue weighted by Gasteiger charge is -2.22. The van der Waals surface area contributed by atoms with Gasteiger partial charge in [0.2, 0.25) is 5.96 Å². The van der Waals surface area contributed by atoms with Crippen molar-refractivity contribution >= 4 is 36.0 Å². The second-order valence-corrected chi connectivity index (χ2v) is 8.26. The molecule has 0 aliphatic carbocycles. The summed E-state index contributed by atoms with van der Waals surface area (Å²) in [7, 11) is 1.21. The van der Waals surface area contributed by atoms with Gasteiger partial charge in [-0.1, -0.05) is 5.16 Å². The lowest BCUT2D eigenvalue weighted by molar-refractivity contribution is 0.0541. The van der Waals surface area contributed by atoms with Crippen LogP contribution in [0, 0.1) is 0 Å². The van der Waals surface area contributed by atoms with E-state index in [1.807, 2.05) is 0 Å². The lowest BCUT2D eigenvalue weighted by atomic mass is 10.1. The number of nitrogens with zero attached hydrogens (tertiary/aromatic N) is 2. The average Bonchev–Trinajstić information content (AvgIpc) is 2.57. The molecule has 11 nitrogen and oxygen atoms in total. The van der Waals surface area contributed by atoms with Crippen molar-refractivity contribution in [3.8, 4) is 0 Å². The molecule has 0 unspecified atom stereocenters. The Labute approximate surface area is 180 Å². The number of carbonyl (C=O) groups excluding carboxylic acids is 3. The molecule has 11 heteroatoms. The second-order valence-electron chi connectivity index (χ2n) is 8.26. The molecule has 0 heterocycles. The van der Waals surface area contributed by atoms with E-state index < -0.39 is 29.4 Å². The first kappa shape index (κ1) is 25.4. The highest BCUT2D eigenvalue weighted by Crippen LogP contribution is 2.18. The van der Waals surface area contributed by atoms with Crippen molar-refractivity contribution in [2.75, 3.05) is 7.11 Å². The van der Waals surface area contributed by atoms with Crippen molar-refractivity contribution < 1.29 is 33.8 Å². The number of nitrogens with one attached hydrogen (secondary N) is 2. The molecule has 0 fully saturated rings. The van der Waals surface area contributed by atoms with Crippen LogP contribution in [0.25, 0.3) is 0 Å². The van der Waals surface area contributed by atoms with Gasteiger partial charge in [-0.25, -0.2) is 19.4 Å². The second kappa shape index (κ2) is 10.4. The maximum absolute atomic E-state index is 12.2.